The molecule has 1 saturated heterocycles. The Bertz CT molecular complexity index is 1060. The van der Waals surface area contributed by atoms with Crippen LogP contribution in [0, 0.1) is 0 Å². The van der Waals surface area contributed by atoms with Crippen molar-refractivity contribution in [3.8, 4) is 5.69 Å². The topological polar surface area (TPSA) is 60.2 Å². The number of nitrogens with zero attached hydrogens (tertiary/aromatic N) is 4. The predicted octanol–water partition coefficient (Wildman–Crippen LogP) is 4.90. The van der Waals surface area contributed by atoms with Crippen LogP contribution in [0.3, 0.4) is 0 Å². The number of rotatable bonds is 8. The van der Waals surface area contributed by atoms with Crippen molar-refractivity contribution in [3.05, 3.63) is 70.0 Å². The first-order valence-corrected chi connectivity index (χ1v) is 12.3. The third-order valence-electron chi connectivity index (χ3n) is 5.20. The molecule has 0 unspecified atom stereocenters. The van der Waals surface area contributed by atoms with E-state index >= 15 is 0 Å². The summed E-state index contributed by atoms with van der Waals surface area (Å²) in [7, 11) is 0. The Morgan fingerprint density at radius 2 is 1.81 bits per heavy atom. The molecule has 1 amide bonds. The molecule has 6 nitrogen and oxygen atoms in total. The van der Waals surface area contributed by atoms with E-state index in [1.807, 2.05) is 39.8 Å². The smallest absolute Gasteiger partial charge is 0.222 e. The monoisotopic (exact) mass is 490 g/mol. The Hall–Kier alpha value is -2.06. The van der Waals surface area contributed by atoms with Crippen LogP contribution >= 0.6 is 35.0 Å². The molecule has 0 saturated carbocycles. The van der Waals surface area contributed by atoms with Gasteiger partial charge in [-0.25, -0.2) is 0 Å². The number of hydrogen-bond donors (Lipinski definition) is 0. The molecule has 0 bridgehead atoms. The molecule has 2 heterocycles. The number of halogens is 2. The van der Waals surface area contributed by atoms with Crippen LogP contribution in [0.5, 0.6) is 0 Å². The van der Waals surface area contributed by atoms with Crippen LogP contribution in [-0.2, 0) is 16.0 Å². The summed E-state index contributed by atoms with van der Waals surface area (Å²) in [6, 6.07) is 15.7. The van der Waals surface area contributed by atoms with Gasteiger partial charge in [-0.2, -0.15) is 0 Å². The lowest BCUT2D eigenvalue weighted by molar-refractivity contribution is -0.135. The molecular formula is C23H24Cl2N4O2S. The highest BCUT2D eigenvalue weighted by molar-refractivity contribution is 7.99. The normalized spacial score (nSPS) is 14.0. The molecule has 32 heavy (non-hydrogen) atoms. The summed E-state index contributed by atoms with van der Waals surface area (Å²) >= 11 is 14.0. The number of carbonyl (C=O) groups is 1. The van der Waals surface area contributed by atoms with Gasteiger partial charge >= 0.3 is 0 Å². The largest absolute Gasteiger partial charge is 0.378 e. The van der Waals surface area contributed by atoms with E-state index in [0.29, 0.717) is 49.2 Å². The summed E-state index contributed by atoms with van der Waals surface area (Å²) in [5, 5.41) is 10.6. The van der Waals surface area contributed by atoms with Gasteiger partial charge in [0.1, 0.15) is 5.82 Å². The highest BCUT2D eigenvalue weighted by atomic mass is 35.5. The lowest BCUT2D eigenvalue weighted by Crippen LogP contribution is -2.40. The highest BCUT2D eigenvalue weighted by Crippen LogP contribution is 2.29. The van der Waals surface area contributed by atoms with E-state index < -0.39 is 0 Å². The van der Waals surface area contributed by atoms with Gasteiger partial charge in [-0.15, -0.1) is 10.2 Å². The number of hydrogen-bond acceptors (Lipinski definition) is 5. The molecule has 3 aromatic rings. The maximum Gasteiger partial charge on any atom is 0.222 e. The average molecular weight is 491 g/mol. The summed E-state index contributed by atoms with van der Waals surface area (Å²) in [5.74, 6) is 1.77. The van der Waals surface area contributed by atoms with Crippen molar-refractivity contribution in [2.45, 2.75) is 24.4 Å². The van der Waals surface area contributed by atoms with E-state index in [1.165, 1.54) is 0 Å². The van der Waals surface area contributed by atoms with Crippen molar-refractivity contribution in [2.24, 2.45) is 0 Å². The third-order valence-corrected chi connectivity index (χ3v) is 6.95. The van der Waals surface area contributed by atoms with Gasteiger partial charge in [0, 0.05) is 31.7 Å². The number of amides is 1. The van der Waals surface area contributed by atoms with E-state index in [-0.39, 0.29) is 5.91 Å². The Morgan fingerprint density at radius 1 is 1.03 bits per heavy atom. The summed E-state index contributed by atoms with van der Waals surface area (Å²) in [6.45, 7) is 2.61. The van der Waals surface area contributed by atoms with Crippen molar-refractivity contribution in [3.63, 3.8) is 0 Å². The van der Waals surface area contributed by atoms with Crippen LogP contribution in [0.2, 0.25) is 10.0 Å². The van der Waals surface area contributed by atoms with Crippen LogP contribution < -0.4 is 0 Å². The molecule has 1 aromatic heterocycles. The van der Waals surface area contributed by atoms with E-state index in [4.69, 9.17) is 27.9 Å². The zero-order valence-electron chi connectivity index (χ0n) is 17.5. The van der Waals surface area contributed by atoms with Gasteiger partial charge < -0.3 is 9.64 Å². The minimum Gasteiger partial charge on any atom is -0.378 e. The summed E-state index contributed by atoms with van der Waals surface area (Å²) < 4.78 is 7.33. The second-order valence-corrected chi connectivity index (χ2v) is 9.32. The minimum absolute atomic E-state index is 0.185. The van der Waals surface area contributed by atoms with Crippen molar-refractivity contribution in [1.82, 2.24) is 19.7 Å². The number of morpholine rings is 1. The second kappa shape index (κ2) is 11.2. The first-order valence-electron chi connectivity index (χ1n) is 10.5. The molecule has 1 aliphatic rings. The molecule has 0 aliphatic carbocycles. The van der Waals surface area contributed by atoms with Gasteiger partial charge in [-0.1, -0.05) is 65.3 Å². The quantitative estimate of drug-likeness (QED) is 0.332. The van der Waals surface area contributed by atoms with Gasteiger partial charge in [0.25, 0.3) is 0 Å². The summed E-state index contributed by atoms with van der Waals surface area (Å²) in [6.07, 6.45) is 1.93. The van der Waals surface area contributed by atoms with Gasteiger partial charge in [-0.05, 0) is 30.2 Å². The lowest BCUT2D eigenvalue weighted by Gasteiger charge is -2.26. The van der Waals surface area contributed by atoms with Crippen LogP contribution in [0.1, 0.15) is 24.2 Å². The SMILES string of the molecule is O=C(CCCSc1nnc(Cc2ccccc2)n1-c1ccc(Cl)c(Cl)c1)N1CCOCC1. The molecule has 4 rings (SSSR count). The average Bonchev–Trinajstić information content (AvgIpc) is 3.22. The first-order chi connectivity index (χ1) is 15.6. The van der Waals surface area contributed by atoms with E-state index in [9.17, 15) is 4.79 Å². The van der Waals surface area contributed by atoms with Crippen molar-refractivity contribution < 1.29 is 9.53 Å². The van der Waals surface area contributed by atoms with Crippen molar-refractivity contribution in [1.29, 1.82) is 0 Å². The standard InChI is InChI=1S/C23H24Cl2N4O2S/c24-19-9-8-18(16-20(19)25)29-21(15-17-5-2-1-3-6-17)26-27-23(29)32-14-4-7-22(30)28-10-12-31-13-11-28/h1-3,5-6,8-9,16H,4,7,10-15H2. The van der Waals surface area contributed by atoms with Gasteiger partial charge in [0.2, 0.25) is 5.91 Å². The molecular weight excluding hydrogens is 467 g/mol. The van der Waals surface area contributed by atoms with E-state index in [0.717, 1.165) is 34.4 Å². The number of benzene rings is 2. The number of ether oxygens (including phenoxy) is 1. The molecule has 168 valence electrons. The Balaban J connectivity index is 1.47. The summed E-state index contributed by atoms with van der Waals surface area (Å²) in [5.41, 5.74) is 2.01. The Kier molecular flexibility index (Phi) is 8.08. The Labute approximate surface area is 201 Å². The molecule has 0 atom stereocenters. The molecule has 0 radical (unpaired) electrons. The van der Waals surface area contributed by atoms with Gasteiger partial charge in [0.15, 0.2) is 5.16 Å². The maximum atomic E-state index is 12.4. The zero-order chi connectivity index (χ0) is 22.3. The van der Waals surface area contributed by atoms with Gasteiger partial charge in [0.05, 0.1) is 28.9 Å². The van der Waals surface area contributed by atoms with Crippen LogP contribution in [0.15, 0.2) is 53.7 Å². The van der Waals surface area contributed by atoms with Crippen LogP contribution in [0.25, 0.3) is 5.69 Å². The number of aromatic nitrogens is 3. The minimum atomic E-state index is 0.185. The lowest BCUT2D eigenvalue weighted by atomic mass is 10.1. The second-order valence-electron chi connectivity index (χ2n) is 7.44. The van der Waals surface area contributed by atoms with E-state index in [2.05, 4.69) is 22.3 Å². The fourth-order valence-corrected chi connectivity index (χ4v) is 4.73. The fraction of sp³-hybridized carbons (Fsp3) is 0.348. The molecule has 1 fully saturated rings. The van der Waals surface area contributed by atoms with Crippen LogP contribution in [-0.4, -0.2) is 57.6 Å². The predicted molar refractivity (Wildman–Crippen MR) is 128 cm³/mol. The molecule has 2 aromatic carbocycles. The van der Waals surface area contributed by atoms with Gasteiger partial charge in [-0.3, -0.25) is 9.36 Å². The first kappa shape index (κ1) is 23.1. The fourth-order valence-electron chi connectivity index (χ4n) is 3.53. The highest BCUT2D eigenvalue weighted by Gasteiger charge is 2.18. The zero-order valence-corrected chi connectivity index (χ0v) is 19.9. The molecule has 0 spiro atoms. The number of thioether (sulfide) groups is 1. The maximum absolute atomic E-state index is 12.4. The molecule has 1 aliphatic heterocycles. The molecule has 0 N–H and O–H groups in total. The summed E-state index contributed by atoms with van der Waals surface area (Å²) in [4.78, 5) is 14.3. The van der Waals surface area contributed by atoms with Crippen LogP contribution in [0.4, 0.5) is 0 Å². The Morgan fingerprint density at radius 3 is 2.56 bits per heavy atom. The number of carbonyl (C=O) groups excluding carboxylic acids is 1. The van der Waals surface area contributed by atoms with Crippen molar-refractivity contribution >= 4 is 40.9 Å². The molecule has 9 heteroatoms. The third kappa shape index (κ3) is 5.84. The van der Waals surface area contributed by atoms with E-state index in [1.54, 1.807) is 17.8 Å². The van der Waals surface area contributed by atoms with Crippen molar-refractivity contribution in [2.75, 3.05) is 32.1 Å².